The summed E-state index contributed by atoms with van der Waals surface area (Å²) in [6, 6.07) is 0. The van der Waals surface area contributed by atoms with Crippen LogP contribution in [0.25, 0.3) is 0 Å². The first-order chi connectivity index (χ1) is 4.33. The molecule has 0 aromatic heterocycles. The first-order valence-corrected chi connectivity index (χ1v) is 3.34. The topological polar surface area (TPSA) is 72.3 Å². The Morgan fingerprint density at radius 3 is 1.67 bits per heavy atom. The third-order valence-electron chi connectivity index (χ3n) is 0.651. The van der Waals surface area contributed by atoms with E-state index in [1.54, 1.807) is 0 Å². The molecular formula is C6H18N2O. The van der Waals surface area contributed by atoms with Crippen molar-refractivity contribution in [1.82, 2.24) is 0 Å². The van der Waals surface area contributed by atoms with E-state index in [0.29, 0.717) is 6.54 Å². The first-order valence-electron chi connectivity index (χ1n) is 3.34. The molecule has 0 amide bonds. The summed E-state index contributed by atoms with van der Waals surface area (Å²) in [6.07, 6.45) is 1.82. The fourth-order valence-corrected chi connectivity index (χ4v) is 0.0913. The van der Waals surface area contributed by atoms with Gasteiger partial charge < -0.3 is 16.6 Å². The minimum atomic E-state index is 0.219. The average molecular weight is 134 g/mol. The van der Waals surface area contributed by atoms with E-state index in [4.69, 9.17) is 16.6 Å². The summed E-state index contributed by atoms with van der Waals surface area (Å²) in [4.78, 5) is 0. The Labute approximate surface area is 57.0 Å². The minimum absolute atomic E-state index is 0.219. The molecule has 0 rings (SSSR count). The van der Waals surface area contributed by atoms with Crippen LogP contribution in [-0.4, -0.2) is 24.8 Å². The zero-order chi connectivity index (χ0) is 7.54. The van der Waals surface area contributed by atoms with Crippen molar-refractivity contribution in [2.24, 2.45) is 11.5 Å². The largest absolute Gasteiger partial charge is 0.396 e. The van der Waals surface area contributed by atoms with E-state index in [1.165, 1.54) is 0 Å². The third kappa shape index (κ3) is 32.8. The van der Waals surface area contributed by atoms with E-state index in [2.05, 4.69) is 6.92 Å². The molecule has 0 aliphatic heterocycles. The van der Waals surface area contributed by atoms with Crippen molar-refractivity contribution < 1.29 is 5.11 Å². The van der Waals surface area contributed by atoms with Gasteiger partial charge in [-0.15, -0.1) is 0 Å². The van der Waals surface area contributed by atoms with Gasteiger partial charge >= 0.3 is 0 Å². The maximum absolute atomic E-state index is 7.99. The van der Waals surface area contributed by atoms with Crippen molar-refractivity contribution in [2.45, 2.75) is 19.8 Å². The minimum Gasteiger partial charge on any atom is -0.396 e. The number of hydrogen-bond acceptors (Lipinski definition) is 3. The van der Waals surface area contributed by atoms with Gasteiger partial charge in [0.2, 0.25) is 0 Å². The Morgan fingerprint density at radius 2 is 1.67 bits per heavy atom. The smallest absolute Gasteiger partial charge is 0.0443 e. The van der Waals surface area contributed by atoms with Gasteiger partial charge in [0, 0.05) is 6.61 Å². The highest BCUT2D eigenvalue weighted by Crippen LogP contribution is 1.62. The summed E-state index contributed by atoms with van der Waals surface area (Å²) in [5.41, 5.74) is 10.0. The van der Waals surface area contributed by atoms with E-state index in [9.17, 15) is 0 Å². The van der Waals surface area contributed by atoms with Gasteiger partial charge in [-0.1, -0.05) is 6.92 Å². The highest BCUT2D eigenvalue weighted by atomic mass is 16.2. The fourth-order valence-electron chi connectivity index (χ4n) is 0.0913. The molecule has 0 fully saturated rings. The number of rotatable bonds is 3. The highest BCUT2D eigenvalue weighted by Gasteiger charge is 1.69. The van der Waals surface area contributed by atoms with Crippen LogP contribution in [0.4, 0.5) is 0 Å². The van der Waals surface area contributed by atoms with Crippen LogP contribution in [-0.2, 0) is 0 Å². The molecule has 0 aliphatic carbocycles. The van der Waals surface area contributed by atoms with Gasteiger partial charge in [0.1, 0.15) is 0 Å². The van der Waals surface area contributed by atoms with E-state index in [-0.39, 0.29) is 6.61 Å². The lowest BCUT2D eigenvalue weighted by Gasteiger charge is -1.80. The molecule has 0 spiro atoms. The monoisotopic (exact) mass is 134 g/mol. The van der Waals surface area contributed by atoms with Gasteiger partial charge in [-0.2, -0.15) is 0 Å². The lowest BCUT2D eigenvalue weighted by molar-refractivity contribution is 0.291. The fraction of sp³-hybridized carbons (Fsp3) is 1.00. The molecule has 0 heterocycles. The lowest BCUT2D eigenvalue weighted by atomic mass is 10.5. The summed E-state index contributed by atoms with van der Waals surface area (Å²) in [6.45, 7) is 3.69. The Hall–Kier alpha value is -0.120. The number of aliphatic hydroxyl groups is 1. The van der Waals surface area contributed by atoms with E-state index in [1.807, 2.05) is 0 Å². The summed E-state index contributed by atoms with van der Waals surface area (Å²) < 4.78 is 0. The Kier molecular flexibility index (Phi) is 20.3. The molecule has 0 atom stereocenters. The molecule has 0 aromatic rings. The quantitative estimate of drug-likeness (QED) is 0.495. The van der Waals surface area contributed by atoms with Crippen LogP contribution in [0.3, 0.4) is 0 Å². The van der Waals surface area contributed by atoms with Gasteiger partial charge in [0.05, 0.1) is 0 Å². The molecule has 5 N–H and O–H groups in total. The second-order valence-corrected chi connectivity index (χ2v) is 1.65. The predicted molar refractivity (Wildman–Crippen MR) is 40.1 cm³/mol. The molecular weight excluding hydrogens is 116 g/mol. The summed E-state index contributed by atoms with van der Waals surface area (Å²) in [7, 11) is 0. The molecule has 3 nitrogen and oxygen atoms in total. The van der Waals surface area contributed by atoms with Gasteiger partial charge in [-0.3, -0.25) is 0 Å². The molecule has 0 saturated heterocycles. The van der Waals surface area contributed by atoms with Crippen molar-refractivity contribution in [1.29, 1.82) is 0 Å². The van der Waals surface area contributed by atoms with Gasteiger partial charge in [0.15, 0.2) is 0 Å². The average Bonchev–Trinajstić information content (AvgIpc) is 1.91. The predicted octanol–water partition coefficient (Wildman–Crippen LogP) is -0.317. The van der Waals surface area contributed by atoms with Crippen LogP contribution in [0.1, 0.15) is 19.8 Å². The second-order valence-electron chi connectivity index (χ2n) is 1.65. The van der Waals surface area contributed by atoms with Crippen LogP contribution in [0.15, 0.2) is 0 Å². The SMILES string of the molecule is CCCN.NCCCO. The zero-order valence-electron chi connectivity index (χ0n) is 6.14. The Morgan fingerprint density at radius 1 is 1.22 bits per heavy atom. The molecule has 0 unspecified atom stereocenters. The molecule has 0 aliphatic rings. The Bertz CT molecular complexity index is 30.2. The Balaban J connectivity index is 0. The van der Waals surface area contributed by atoms with Crippen molar-refractivity contribution in [2.75, 3.05) is 19.7 Å². The lowest BCUT2D eigenvalue weighted by Crippen LogP contribution is -1.99. The summed E-state index contributed by atoms with van der Waals surface area (Å²) >= 11 is 0. The maximum Gasteiger partial charge on any atom is 0.0443 e. The van der Waals surface area contributed by atoms with E-state index in [0.717, 1.165) is 19.4 Å². The van der Waals surface area contributed by atoms with Crippen LogP contribution in [0, 0.1) is 0 Å². The van der Waals surface area contributed by atoms with Gasteiger partial charge in [-0.05, 0) is 25.9 Å². The molecule has 58 valence electrons. The highest BCUT2D eigenvalue weighted by molar-refractivity contribution is 4.28. The number of nitrogens with two attached hydrogens (primary N) is 2. The molecule has 9 heavy (non-hydrogen) atoms. The number of aliphatic hydroxyl groups excluding tert-OH is 1. The third-order valence-corrected chi connectivity index (χ3v) is 0.651. The van der Waals surface area contributed by atoms with Gasteiger partial charge in [0.25, 0.3) is 0 Å². The summed E-state index contributed by atoms with van der Waals surface area (Å²) in [5.74, 6) is 0. The van der Waals surface area contributed by atoms with Crippen molar-refractivity contribution in [3.8, 4) is 0 Å². The molecule has 0 saturated carbocycles. The standard InChI is InChI=1S/C3H9NO.C3H9N/c4-2-1-3-5;1-2-3-4/h5H,1-4H2;2-4H2,1H3. The maximum atomic E-state index is 7.99. The van der Waals surface area contributed by atoms with Crippen LogP contribution in [0.2, 0.25) is 0 Å². The van der Waals surface area contributed by atoms with Crippen LogP contribution in [0.5, 0.6) is 0 Å². The molecule has 0 radical (unpaired) electrons. The van der Waals surface area contributed by atoms with Gasteiger partial charge in [-0.25, -0.2) is 0 Å². The molecule has 0 aromatic carbocycles. The second kappa shape index (κ2) is 15.7. The van der Waals surface area contributed by atoms with Crippen LogP contribution < -0.4 is 11.5 Å². The van der Waals surface area contributed by atoms with Crippen molar-refractivity contribution in [3.63, 3.8) is 0 Å². The van der Waals surface area contributed by atoms with E-state index < -0.39 is 0 Å². The van der Waals surface area contributed by atoms with Crippen LogP contribution >= 0.6 is 0 Å². The van der Waals surface area contributed by atoms with E-state index >= 15 is 0 Å². The summed E-state index contributed by atoms with van der Waals surface area (Å²) in [5, 5.41) is 7.99. The van der Waals surface area contributed by atoms with Crippen molar-refractivity contribution in [3.05, 3.63) is 0 Å². The number of hydrogen-bond donors (Lipinski definition) is 3. The first kappa shape index (κ1) is 11.6. The normalized spacial score (nSPS) is 8.00. The molecule has 3 heteroatoms. The molecule has 0 bridgehead atoms. The zero-order valence-corrected chi connectivity index (χ0v) is 6.14. The van der Waals surface area contributed by atoms with Crippen molar-refractivity contribution >= 4 is 0 Å².